The maximum absolute atomic E-state index is 12.4. The molecule has 3 rings (SSSR count). The minimum Gasteiger partial charge on any atom is -0.354 e. The van der Waals surface area contributed by atoms with Gasteiger partial charge in [-0.1, -0.05) is 24.3 Å². The van der Waals surface area contributed by atoms with Gasteiger partial charge in [-0.25, -0.2) is 13.4 Å². The van der Waals surface area contributed by atoms with Crippen molar-refractivity contribution in [1.29, 1.82) is 0 Å². The summed E-state index contributed by atoms with van der Waals surface area (Å²) in [5.74, 6) is 0.276. The summed E-state index contributed by atoms with van der Waals surface area (Å²) in [4.78, 5) is 4.43. The molecule has 0 atom stereocenters. The predicted octanol–water partition coefficient (Wildman–Crippen LogP) is 4.55. The van der Waals surface area contributed by atoms with Gasteiger partial charge in [-0.2, -0.15) is 0 Å². The molecule has 2 aromatic carbocycles. The number of aromatic nitrogens is 1. The number of nitrogens with one attached hydrogen (secondary N) is 2. The van der Waals surface area contributed by atoms with Crippen LogP contribution in [-0.2, 0) is 10.0 Å². The predicted molar refractivity (Wildman–Crippen MR) is 105 cm³/mol. The molecule has 0 aliphatic rings. The van der Waals surface area contributed by atoms with Gasteiger partial charge >= 0.3 is 0 Å². The molecular weight excluding hydrogens is 346 g/mol. The van der Waals surface area contributed by atoms with Crippen LogP contribution in [0.1, 0.15) is 16.7 Å². The summed E-state index contributed by atoms with van der Waals surface area (Å²) in [6, 6.07) is 16.2. The van der Waals surface area contributed by atoms with Gasteiger partial charge in [-0.15, -0.1) is 0 Å². The lowest BCUT2D eigenvalue weighted by Gasteiger charge is -2.12. The number of benzene rings is 2. The van der Waals surface area contributed by atoms with Crippen LogP contribution in [0, 0.1) is 20.8 Å². The fraction of sp³-hybridized carbons (Fsp3) is 0.150. The SMILES string of the molecule is Cc1cccc(S(=O)(=O)Nc2ccc(Nc3cccc(C)c3C)cn2)c1. The number of hydrogen-bond donors (Lipinski definition) is 2. The Kier molecular flexibility index (Phi) is 4.95. The van der Waals surface area contributed by atoms with Crippen molar-refractivity contribution in [2.75, 3.05) is 10.0 Å². The second-order valence-corrected chi connectivity index (χ2v) is 7.91. The molecule has 0 aliphatic carbocycles. The third-order valence-corrected chi connectivity index (χ3v) is 5.54. The zero-order valence-electron chi connectivity index (χ0n) is 14.9. The van der Waals surface area contributed by atoms with E-state index < -0.39 is 10.0 Å². The lowest BCUT2D eigenvalue weighted by Crippen LogP contribution is -2.14. The lowest BCUT2D eigenvalue weighted by atomic mass is 10.1. The number of pyridine rings is 1. The van der Waals surface area contributed by atoms with Gasteiger partial charge in [-0.05, 0) is 67.8 Å². The minimum absolute atomic E-state index is 0.219. The highest BCUT2D eigenvalue weighted by atomic mass is 32.2. The van der Waals surface area contributed by atoms with Gasteiger partial charge in [0, 0.05) is 5.69 Å². The van der Waals surface area contributed by atoms with E-state index in [4.69, 9.17) is 0 Å². The van der Waals surface area contributed by atoms with Gasteiger partial charge in [0.2, 0.25) is 0 Å². The van der Waals surface area contributed by atoms with Crippen molar-refractivity contribution in [2.45, 2.75) is 25.7 Å². The number of nitrogens with zero attached hydrogens (tertiary/aromatic N) is 1. The summed E-state index contributed by atoms with van der Waals surface area (Å²) < 4.78 is 27.4. The molecule has 0 spiro atoms. The van der Waals surface area contributed by atoms with Crippen LogP contribution in [0.15, 0.2) is 65.7 Å². The van der Waals surface area contributed by atoms with Gasteiger partial charge in [0.25, 0.3) is 10.0 Å². The van der Waals surface area contributed by atoms with Gasteiger partial charge in [0.1, 0.15) is 5.82 Å². The Morgan fingerprint density at radius 1 is 0.923 bits per heavy atom. The molecule has 0 unspecified atom stereocenters. The van der Waals surface area contributed by atoms with E-state index >= 15 is 0 Å². The second kappa shape index (κ2) is 7.17. The highest BCUT2D eigenvalue weighted by Crippen LogP contribution is 2.23. The highest BCUT2D eigenvalue weighted by molar-refractivity contribution is 7.92. The van der Waals surface area contributed by atoms with Gasteiger partial charge in [0.05, 0.1) is 16.8 Å². The standard InChI is InChI=1S/C20H21N3O2S/c1-14-6-4-8-18(12-14)26(24,25)23-20-11-10-17(13-21-20)22-19-9-5-7-15(2)16(19)3/h4-13,22H,1-3H3,(H,21,23). The first-order valence-corrected chi connectivity index (χ1v) is 9.72. The Balaban J connectivity index is 1.76. The molecule has 2 N–H and O–H groups in total. The van der Waals surface area contributed by atoms with Crippen molar-refractivity contribution < 1.29 is 8.42 Å². The molecule has 134 valence electrons. The Morgan fingerprint density at radius 3 is 2.38 bits per heavy atom. The molecule has 0 saturated heterocycles. The summed E-state index contributed by atoms with van der Waals surface area (Å²) >= 11 is 0. The zero-order chi connectivity index (χ0) is 18.7. The molecule has 0 bridgehead atoms. The van der Waals surface area contributed by atoms with E-state index in [9.17, 15) is 8.42 Å². The first kappa shape index (κ1) is 17.9. The molecule has 1 heterocycles. The maximum atomic E-state index is 12.4. The van der Waals surface area contributed by atoms with E-state index in [1.54, 1.807) is 36.5 Å². The molecule has 5 nitrogen and oxygen atoms in total. The van der Waals surface area contributed by atoms with Crippen LogP contribution in [0.3, 0.4) is 0 Å². The number of rotatable bonds is 5. The molecule has 26 heavy (non-hydrogen) atoms. The topological polar surface area (TPSA) is 71.1 Å². The Hall–Kier alpha value is -2.86. The summed E-state index contributed by atoms with van der Waals surface area (Å²) in [7, 11) is -3.65. The summed E-state index contributed by atoms with van der Waals surface area (Å²) in [5.41, 5.74) is 5.04. The molecule has 0 amide bonds. The molecule has 0 aliphatic heterocycles. The first-order valence-electron chi connectivity index (χ1n) is 8.24. The van der Waals surface area contributed by atoms with Gasteiger partial charge < -0.3 is 5.32 Å². The smallest absolute Gasteiger partial charge is 0.263 e. The molecule has 0 saturated carbocycles. The molecule has 6 heteroatoms. The number of sulfonamides is 1. The summed E-state index contributed by atoms with van der Waals surface area (Å²) in [5, 5.41) is 3.30. The van der Waals surface area contributed by atoms with E-state index in [-0.39, 0.29) is 10.7 Å². The van der Waals surface area contributed by atoms with Crippen LogP contribution in [0.2, 0.25) is 0 Å². The quantitative estimate of drug-likeness (QED) is 0.694. The van der Waals surface area contributed by atoms with Crippen LogP contribution in [0.25, 0.3) is 0 Å². The molecule has 1 aromatic heterocycles. The van der Waals surface area contributed by atoms with Gasteiger partial charge in [0.15, 0.2) is 0 Å². The van der Waals surface area contributed by atoms with Crippen LogP contribution < -0.4 is 10.0 Å². The Morgan fingerprint density at radius 2 is 1.69 bits per heavy atom. The lowest BCUT2D eigenvalue weighted by molar-refractivity contribution is 0.601. The van der Waals surface area contributed by atoms with E-state index in [0.29, 0.717) is 0 Å². The van der Waals surface area contributed by atoms with Crippen molar-refractivity contribution in [3.05, 3.63) is 77.5 Å². The Bertz CT molecular complexity index is 1030. The third-order valence-electron chi connectivity index (χ3n) is 4.19. The van der Waals surface area contributed by atoms with Gasteiger partial charge in [-0.3, -0.25) is 4.72 Å². The van der Waals surface area contributed by atoms with Crippen molar-refractivity contribution in [1.82, 2.24) is 4.98 Å². The van der Waals surface area contributed by atoms with Crippen molar-refractivity contribution in [2.24, 2.45) is 0 Å². The highest BCUT2D eigenvalue weighted by Gasteiger charge is 2.14. The fourth-order valence-electron chi connectivity index (χ4n) is 2.55. The fourth-order valence-corrected chi connectivity index (χ4v) is 3.66. The largest absolute Gasteiger partial charge is 0.354 e. The molecule has 0 radical (unpaired) electrons. The van der Waals surface area contributed by atoms with Crippen molar-refractivity contribution in [3.8, 4) is 0 Å². The van der Waals surface area contributed by atoms with Crippen LogP contribution in [0.4, 0.5) is 17.2 Å². The average Bonchev–Trinajstić information content (AvgIpc) is 2.60. The van der Waals surface area contributed by atoms with Crippen LogP contribution in [0.5, 0.6) is 0 Å². The zero-order valence-corrected chi connectivity index (χ0v) is 15.8. The molecule has 3 aromatic rings. The van der Waals surface area contributed by atoms with E-state index in [1.165, 1.54) is 5.56 Å². The Labute approximate surface area is 154 Å². The van der Waals surface area contributed by atoms with E-state index in [1.807, 2.05) is 25.1 Å². The third kappa shape index (κ3) is 4.03. The monoisotopic (exact) mass is 367 g/mol. The van der Waals surface area contributed by atoms with Crippen LogP contribution in [-0.4, -0.2) is 13.4 Å². The van der Waals surface area contributed by atoms with Crippen molar-refractivity contribution >= 4 is 27.2 Å². The van der Waals surface area contributed by atoms with Crippen LogP contribution >= 0.6 is 0 Å². The summed E-state index contributed by atoms with van der Waals surface area (Å²) in [6.45, 7) is 5.96. The summed E-state index contributed by atoms with van der Waals surface area (Å²) in [6.07, 6.45) is 1.61. The van der Waals surface area contributed by atoms with E-state index in [2.05, 4.69) is 34.9 Å². The normalized spacial score (nSPS) is 11.2. The number of anilines is 3. The minimum atomic E-state index is -3.65. The molecule has 0 fully saturated rings. The first-order chi connectivity index (χ1) is 12.3. The van der Waals surface area contributed by atoms with Crippen molar-refractivity contribution in [3.63, 3.8) is 0 Å². The number of hydrogen-bond acceptors (Lipinski definition) is 4. The van der Waals surface area contributed by atoms with E-state index in [0.717, 1.165) is 22.5 Å². The second-order valence-electron chi connectivity index (χ2n) is 6.23. The molecular formula is C20H21N3O2S. The number of aryl methyl sites for hydroxylation is 2. The average molecular weight is 367 g/mol. The maximum Gasteiger partial charge on any atom is 0.263 e.